The zero-order valence-electron chi connectivity index (χ0n) is 13.6. The number of nitrogens with one attached hydrogen (secondary N) is 1. The fraction of sp³-hybridized carbons (Fsp3) is 0.143. The summed E-state index contributed by atoms with van der Waals surface area (Å²) in [5.74, 6) is -0.213. The lowest BCUT2D eigenvalue weighted by Gasteiger charge is -2.14. The molecule has 0 saturated heterocycles. The number of rotatable bonds is 5. The third kappa shape index (κ3) is 3.85. The molecule has 124 valence electrons. The van der Waals surface area contributed by atoms with Crippen LogP contribution in [0.3, 0.4) is 0 Å². The summed E-state index contributed by atoms with van der Waals surface area (Å²) in [7, 11) is 0. The van der Waals surface area contributed by atoms with Crippen molar-refractivity contribution in [2.45, 2.75) is 12.5 Å². The molecular formula is C21H18N2O2. The Morgan fingerprint density at radius 3 is 2.52 bits per heavy atom. The molecule has 3 aromatic rings. The number of carbonyl (C=O) groups is 1. The summed E-state index contributed by atoms with van der Waals surface area (Å²) < 4.78 is 0. The summed E-state index contributed by atoms with van der Waals surface area (Å²) in [6.07, 6.45) is -0.219. The van der Waals surface area contributed by atoms with E-state index in [1.165, 1.54) is 0 Å². The van der Waals surface area contributed by atoms with Crippen LogP contribution >= 0.6 is 0 Å². The molecule has 1 atom stereocenters. The van der Waals surface area contributed by atoms with E-state index in [2.05, 4.69) is 5.32 Å². The average Bonchev–Trinajstić information content (AvgIpc) is 2.67. The van der Waals surface area contributed by atoms with Crippen LogP contribution in [0.15, 0.2) is 66.7 Å². The van der Waals surface area contributed by atoms with Crippen molar-refractivity contribution in [1.29, 1.82) is 5.26 Å². The summed E-state index contributed by atoms with van der Waals surface area (Å²) in [6.45, 7) is 0.364. The smallest absolute Gasteiger partial charge is 0.251 e. The van der Waals surface area contributed by atoms with E-state index >= 15 is 0 Å². The molecule has 0 saturated carbocycles. The van der Waals surface area contributed by atoms with E-state index in [4.69, 9.17) is 5.26 Å². The molecule has 0 spiro atoms. The maximum Gasteiger partial charge on any atom is 0.251 e. The number of benzene rings is 3. The number of nitriles is 1. The molecule has 0 fully saturated rings. The summed E-state index contributed by atoms with van der Waals surface area (Å²) in [6, 6.07) is 22.3. The first-order chi connectivity index (χ1) is 12.2. The summed E-state index contributed by atoms with van der Waals surface area (Å²) in [5.41, 5.74) is 1.88. The van der Waals surface area contributed by atoms with Crippen LogP contribution in [0.2, 0.25) is 0 Å². The molecule has 25 heavy (non-hydrogen) atoms. The van der Waals surface area contributed by atoms with Crippen LogP contribution in [0.1, 0.15) is 34.0 Å². The SMILES string of the molecule is N#Cc1ccc(C(=O)NCCC(O)c2cccc3ccccc23)cc1. The van der Waals surface area contributed by atoms with Crippen LogP contribution in [0.25, 0.3) is 10.8 Å². The topological polar surface area (TPSA) is 73.1 Å². The number of hydrogen-bond acceptors (Lipinski definition) is 3. The zero-order chi connectivity index (χ0) is 17.6. The van der Waals surface area contributed by atoms with Gasteiger partial charge in [-0.2, -0.15) is 5.26 Å². The lowest BCUT2D eigenvalue weighted by atomic mass is 9.99. The first-order valence-corrected chi connectivity index (χ1v) is 8.13. The van der Waals surface area contributed by atoms with Crippen LogP contribution < -0.4 is 5.32 Å². The van der Waals surface area contributed by atoms with Crippen molar-refractivity contribution in [3.05, 3.63) is 83.4 Å². The van der Waals surface area contributed by atoms with Crippen molar-refractivity contribution in [1.82, 2.24) is 5.32 Å². The Hall–Kier alpha value is -3.16. The van der Waals surface area contributed by atoms with E-state index in [1.807, 2.05) is 48.5 Å². The van der Waals surface area contributed by atoms with Crippen molar-refractivity contribution in [3.8, 4) is 6.07 Å². The van der Waals surface area contributed by atoms with Gasteiger partial charge in [0.1, 0.15) is 0 Å². The fourth-order valence-electron chi connectivity index (χ4n) is 2.82. The minimum Gasteiger partial charge on any atom is -0.388 e. The molecule has 0 aliphatic rings. The highest BCUT2D eigenvalue weighted by atomic mass is 16.3. The molecule has 4 nitrogen and oxygen atoms in total. The molecule has 0 aliphatic carbocycles. The van der Waals surface area contributed by atoms with Crippen LogP contribution in [0.5, 0.6) is 0 Å². The first-order valence-electron chi connectivity index (χ1n) is 8.13. The molecule has 3 rings (SSSR count). The Morgan fingerprint density at radius 1 is 1.04 bits per heavy atom. The molecule has 0 bridgehead atoms. The lowest BCUT2D eigenvalue weighted by molar-refractivity contribution is 0.0943. The molecule has 1 amide bonds. The molecule has 4 heteroatoms. The highest BCUT2D eigenvalue weighted by Gasteiger charge is 2.12. The first kappa shape index (κ1) is 16.7. The van der Waals surface area contributed by atoms with E-state index in [0.717, 1.165) is 16.3 Å². The van der Waals surface area contributed by atoms with Crippen LogP contribution in [0.4, 0.5) is 0 Å². The number of aliphatic hydroxyl groups is 1. The molecule has 0 heterocycles. The monoisotopic (exact) mass is 330 g/mol. The Kier molecular flexibility index (Phi) is 5.08. The third-order valence-corrected chi connectivity index (χ3v) is 4.16. The molecular weight excluding hydrogens is 312 g/mol. The van der Waals surface area contributed by atoms with Crippen molar-refractivity contribution in [2.24, 2.45) is 0 Å². The van der Waals surface area contributed by atoms with Crippen LogP contribution in [-0.2, 0) is 0 Å². The minimum absolute atomic E-state index is 0.213. The molecule has 0 aliphatic heterocycles. The van der Waals surface area contributed by atoms with Gasteiger partial charge in [0, 0.05) is 12.1 Å². The van der Waals surface area contributed by atoms with Gasteiger partial charge >= 0.3 is 0 Å². The summed E-state index contributed by atoms with van der Waals surface area (Å²) >= 11 is 0. The number of hydrogen-bond donors (Lipinski definition) is 2. The zero-order valence-corrected chi connectivity index (χ0v) is 13.6. The second-order valence-electron chi connectivity index (χ2n) is 5.82. The predicted octanol–water partition coefficient (Wildman–Crippen LogP) is 3.56. The fourth-order valence-corrected chi connectivity index (χ4v) is 2.82. The number of fused-ring (bicyclic) bond motifs is 1. The number of carbonyl (C=O) groups excluding carboxylic acids is 1. The van der Waals surface area contributed by atoms with Crippen molar-refractivity contribution >= 4 is 16.7 Å². The average molecular weight is 330 g/mol. The second-order valence-corrected chi connectivity index (χ2v) is 5.82. The second kappa shape index (κ2) is 7.61. The predicted molar refractivity (Wildman–Crippen MR) is 97.0 cm³/mol. The molecule has 2 N–H and O–H groups in total. The van der Waals surface area contributed by atoms with Gasteiger partial charge in [0.2, 0.25) is 0 Å². The Labute approximate surface area is 146 Å². The van der Waals surface area contributed by atoms with Gasteiger partial charge < -0.3 is 10.4 Å². The number of nitrogens with zero attached hydrogens (tertiary/aromatic N) is 1. The van der Waals surface area contributed by atoms with Gasteiger partial charge in [-0.15, -0.1) is 0 Å². The highest BCUT2D eigenvalue weighted by molar-refractivity contribution is 5.94. The maximum atomic E-state index is 12.1. The summed E-state index contributed by atoms with van der Waals surface area (Å²) in [4.78, 5) is 12.1. The molecule has 0 aromatic heterocycles. The van der Waals surface area contributed by atoms with Gasteiger partial charge in [0.15, 0.2) is 0 Å². The van der Waals surface area contributed by atoms with Gasteiger partial charge in [-0.25, -0.2) is 0 Å². The quantitative estimate of drug-likeness (QED) is 0.751. The van der Waals surface area contributed by atoms with Crippen molar-refractivity contribution in [2.75, 3.05) is 6.54 Å². The Balaban J connectivity index is 1.61. The molecule has 3 aromatic carbocycles. The Morgan fingerprint density at radius 2 is 1.76 bits per heavy atom. The molecule has 1 unspecified atom stereocenters. The third-order valence-electron chi connectivity index (χ3n) is 4.16. The van der Waals surface area contributed by atoms with Crippen molar-refractivity contribution in [3.63, 3.8) is 0 Å². The highest BCUT2D eigenvalue weighted by Crippen LogP contribution is 2.25. The summed E-state index contributed by atoms with van der Waals surface area (Å²) in [5, 5.41) is 24.2. The molecule has 0 radical (unpaired) electrons. The van der Waals surface area contributed by atoms with E-state index in [9.17, 15) is 9.90 Å². The normalized spacial score (nSPS) is 11.7. The van der Waals surface area contributed by atoms with Crippen LogP contribution in [-0.4, -0.2) is 17.6 Å². The van der Waals surface area contributed by atoms with E-state index in [1.54, 1.807) is 24.3 Å². The van der Waals surface area contributed by atoms with Gasteiger partial charge in [-0.3, -0.25) is 4.79 Å². The van der Waals surface area contributed by atoms with E-state index in [-0.39, 0.29) is 5.91 Å². The largest absolute Gasteiger partial charge is 0.388 e. The standard InChI is InChI=1S/C21H18N2O2/c22-14-15-8-10-17(11-9-15)21(25)23-13-12-20(24)19-7-3-5-16-4-1-2-6-18(16)19/h1-11,20,24H,12-13H2,(H,23,25). The lowest BCUT2D eigenvalue weighted by Crippen LogP contribution is -2.25. The van der Waals surface area contributed by atoms with E-state index < -0.39 is 6.10 Å². The van der Waals surface area contributed by atoms with E-state index in [0.29, 0.717) is 24.1 Å². The van der Waals surface area contributed by atoms with Crippen LogP contribution in [0, 0.1) is 11.3 Å². The maximum absolute atomic E-state index is 12.1. The van der Waals surface area contributed by atoms with Gasteiger partial charge in [0.25, 0.3) is 5.91 Å². The Bertz CT molecular complexity index is 921. The number of aliphatic hydroxyl groups excluding tert-OH is 1. The van der Waals surface area contributed by atoms with Gasteiger partial charge in [0.05, 0.1) is 17.7 Å². The van der Waals surface area contributed by atoms with Crippen molar-refractivity contribution < 1.29 is 9.90 Å². The van der Waals surface area contributed by atoms with Gasteiger partial charge in [-0.05, 0) is 47.0 Å². The van der Waals surface area contributed by atoms with Gasteiger partial charge in [-0.1, -0.05) is 42.5 Å². The number of amides is 1. The minimum atomic E-state index is -0.646.